The monoisotopic (exact) mass is 503 g/mol. The molecule has 1 aromatic carbocycles. The van der Waals surface area contributed by atoms with Gasteiger partial charge in [0.05, 0.1) is 14.2 Å². The van der Waals surface area contributed by atoms with Gasteiger partial charge in [-0.25, -0.2) is 8.96 Å². The van der Waals surface area contributed by atoms with Gasteiger partial charge in [-0.1, -0.05) is 18.0 Å². The van der Waals surface area contributed by atoms with Gasteiger partial charge >= 0.3 is 5.95 Å². The molecule has 3 atom stereocenters. The largest absolute Gasteiger partial charge is 0.493 e. The zero-order chi connectivity index (χ0) is 26.4. The van der Waals surface area contributed by atoms with Gasteiger partial charge in [-0.2, -0.15) is 0 Å². The predicted molar refractivity (Wildman–Crippen MR) is 128 cm³/mol. The fraction of sp³-hybridized carbons (Fsp3) is 0.440. The molecule has 0 bridgehead atoms. The van der Waals surface area contributed by atoms with Gasteiger partial charge in [0.25, 0.3) is 0 Å². The summed E-state index contributed by atoms with van der Waals surface area (Å²) in [5, 5.41) is 20.3. The van der Waals surface area contributed by atoms with E-state index < -0.39 is 17.5 Å². The Labute approximate surface area is 208 Å². The molecule has 0 amide bonds. The Balaban J connectivity index is 1.82. The number of hydrogen-bond acceptors (Lipinski definition) is 8. The molecule has 194 valence electrons. The number of nitrogens with zero attached hydrogens (tertiary/aromatic N) is 3. The number of hydrogen-bond donors (Lipinski definition) is 1. The number of carbonyl (C=O) groups excluding carboxylic acids is 1. The summed E-state index contributed by atoms with van der Waals surface area (Å²) < 4.78 is 32.7. The Kier molecular flexibility index (Phi) is 8.81. The molecule has 36 heavy (non-hydrogen) atoms. The summed E-state index contributed by atoms with van der Waals surface area (Å²) in [5.74, 6) is -0.631. The standard InChI is InChI=1S/C25H30FN3O7/c1-5-6-16-8-19(22(36-14-30)11-21(16)31)15(2)7-17-9-24(23(34-4)10-20(17)26)35-13-18-12-27-25(28(18)3)29(32)33/h5,9-12,15-16,19,30H,1,6-8,13-14H2,2-4H3/t15?,16-,19?/m0/s1. The lowest BCUT2D eigenvalue weighted by molar-refractivity contribution is -0.396. The van der Waals surface area contributed by atoms with Gasteiger partial charge in [-0.15, -0.1) is 6.58 Å². The smallest absolute Gasteiger partial charge is 0.434 e. The summed E-state index contributed by atoms with van der Waals surface area (Å²) in [6, 6.07) is 2.77. The van der Waals surface area contributed by atoms with Crippen molar-refractivity contribution in [3.05, 3.63) is 70.0 Å². The van der Waals surface area contributed by atoms with Crippen LogP contribution in [0, 0.1) is 33.7 Å². The van der Waals surface area contributed by atoms with Gasteiger partial charge in [-0.05, 0) is 41.7 Å². The van der Waals surface area contributed by atoms with E-state index in [-0.39, 0.29) is 47.6 Å². The van der Waals surface area contributed by atoms with Crippen molar-refractivity contribution < 1.29 is 33.4 Å². The molecule has 0 saturated heterocycles. The van der Waals surface area contributed by atoms with E-state index in [4.69, 9.17) is 14.2 Å². The lowest BCUT2D eigenvalue weighted by atomic mass is 9.75. The van der Waals surface area contributed by atoms with Crippen LogP contribution in [0.3, 0.4) is 0 Å². The molecule has 0 fully saturated rings. The first kappa shape index (κ1) is 26.9. The number of halogens is 1. The van der Waals surface area contributed by atoms with Crippen LogP contribution in [0.1, 0.15) is 31.0 Å². The number of aliphatic hydroxyl groups is 1. The molecule has 0 spiro atoms. The fourth-order valence-electron chi connectivity index (χ4n) is 4.44. The second kappa shape index (κ2) is 11.8. The zero-order valence-corrected chi connectivity index (χ0v) is 20.5. The molecule has 0 aliphatic heterocycles. The number of aliphatic hydroxyl groups excluding tert-OH is 1. The maximum Gasteiger partial charge on any atom is 0.434 e. The van der Waals surface area contributed by atoms with Crippen LogP contribution in [0.5, 0.6) is 11.5 Å². The molecule has 1 aromatic heterocycles. The van der Waals surface area contributed by atoms with E-state index in [9.17, 15) is 24.4 Å². The Morgan fingerprint density at radius 2 is 2.14 bits per heavy atom. The van der Waals surface area contributed by atoms with E-state index in [1.54, 1.807) is 12.1 Å². The van der Waals surface area contributed by atoms with Gasteiger partial charge in [-0.3, -0.25) is 4.79 Å². The number of nitro groups is 1. The lowest BCUT2D eigenvalue weighted by Gasteiger charge is -2.32. The van der Waals surface area contributed by atoms with Crippen LogP contribution in [-0.2, 0) is 29.6 Å². The average molecular weight is 504 g/mol. The Bertz CT molecular complexity index is 1160. The van der Waals surface area contributed by atoms with E-state index in [1.807, 2.05) is 6.92 Å². The normalized spacial score (nSPS) is 18.4. The summed E-state index contributed by atoms with van der Waals surface area (Å²) in [5.41, 5.74) is 0.828. The van der Waals surface area contributed by atoms with Crippen molar-refractivity contribution in [3.63, 3.8) is 0 Å². The molecule has 11 heteroatoms. The van der Waals surface area contributed by atoms with Gasteiger partial charge in [0.2, 0.25) is 0 Å². The van der Waals surface area contributed by atoms with Crippen molar-refractivity contribution in [2.45, 2.75) is 32.8 Å². The van der Waals surface area contributed by atoms with Gasteiger partial charge in [0.15, 0.2) is 29.8 Å². The molecule has 10 nitrogen and oxygen atoms in total. The van der Waals surface area contributed by atoms with E-state index in [0.717, 1.165) is 0 Å². The van der Waals surface area contributed by atoms with Crippen LogP contribution in [0.2, 0.25) is 0 Å². The third-order valence-corrected chi connectivity index (χ3v) is 6.43. The maximum absolute atomic E-state index is 15.0. The van der Waals surface area contributed by atoms with Crippen LogP contribution in [0.15, 0.2) is 42.8 Å². The highest BCUT2D eigenvalue weighted by atomic mass is 19.1. The van der Waals surface area contributed by atoms with E-state index in [2.05, 4.69) is 11.6 Å². The third-order valence-electron chi connectivity index (χ3n) is 6.43. The number of allylic oxidation sites excluding steroid dienone is 3. The zero-order valence-electron chi connectivity index (χ0n) is 20.5. The van der Waals surface area contributed by atoms with Crippen LogP contribution in [0.25, 0.3) is 0 Å². The number of rotatable bonds is 12. The van der Waals surface area contributed by atoms with Gasteiger partial charge in [0, 0.05) is 24.0 Å². The number of imidazole rings is 1. The Morgan fingerprint density at radius 1 is 1.39 bits per heavy atom. The molecule has 1 N–H and O–H groups in total. The highest BCUT2D eigenvalue weighted by Crippen LogP contribution is 2.38. The summed E-state index contributed by atoms with van der Waals surface area (Å²) in [4.78, 5) is 26.6. The van der Waals surface area contributed by atoms with Crippen molar-refractivity contribution in [2.24, 2.45) is 24.8 Å². The van der Waals surface area contributed by atoms with E-state index in [1.165, 1.54) is 37.1 Å². The van der Waals surface area contributed by atoms with E-state index >= 15 is 0 Å². The Hall–Kier alpha value is -3.73. The molecular weight excluding hydrogens is 473 g/mol. The van der Waals surface area contributed by atoms with Crippen molar-refractivity contribution in [3.8, 4) is 11.5 Å². The predicted octanol–water partition coefficient (Wildman–Crippen LogP) is 3.87. The van der Waals surface area contributed by atoms with Crippen LogP contribution in [-0.4, -0.2) is 39.3 Å². The SMILES string of the molecule is C=CC[C@H]1CC(C(C)Cc2cc(OCc3cnc([N+](=O)[O-])n3C)c(OC)cc2F)C(OCO)=CC1=O. The van der Waals surface area contributed by atoms with Crippen LogP contribution >= 0.6 is 0 Å². The second-order valence-corrected chi connectivity index (χ2v) is 8.72. The molecule has 1 aliphatic carbocycles. The van der Waals surface area contributed by atoms with Gasteiger partial charge in [0.1, 0.15) is 24.4 Å². The fourth-order valence-corrected chi connectivity index (χ4v) is 4.44. The minimum Gasteiger partial charge on any atom is -0.493 e. The first-order valence-electron chi connectivity index (χ1n) is 11.4. The number of methoxy groups -OCH3 is 1. The number of benzene rings is 1. The Morgan fingerprint density at radius 3 is 2.75 bits per heavy atom. The average Bonchev–Trinajstić information content (AvgIpc) is 3.21. The van der Waals surface area contributed by atoms with Crippen molar-refractivity contribution in [2.75, 3.05) is 13.9 Å². The van der Waals surface area contributed by atoms with Crippen molar-refractivity contribution in [1.82, 2.24) is 9.55 Å². The minimum atomic E-state index is -0.594. The van der Waals surface area contributed by atoms with Crippen molar-refractivity contribution >= 4 is 11.7 Å². The highest BCUT2D eigenvalue weighted by molar-refractivity contribution is 5.93. The number of ketones is 1. The molecule has 1 aliphatic rings. The molecule has 2 unspecified atom stereocenters. The van der Waals surface area contributed by atoms with Crippen LogP contribution < -0.4 is 9.47 Å². The molecule has 1 heterocycles. The lowest BCUT2D eigenvalue weighted by Crippen LogP contribution is -2.30. The maximum atomic E-state index is 15.0. The summed E-state index contributed by atoms with van der Waals surface area (Å²) in [6.45, 7) is 5.04. The topological polar surface area (TPSA) is 126 Å². The summed E-state index contributed by atoms with van der Waals surface area (Å²) in [7, 11) is 2.90. The quantitative estimate of drug-likeness (QED) is 0.200. The number of carbonyl (C=O) groups is 1. The minimum absolute atomic E-state index is 0.0421. The first-order chi connectivity index (χ1) is 17.2. The second-order valence-electron chi connectivity index (χ2n) is 8.72. The molecule has 3 rings (SSSR count). The van der Waals surface area contributed by atoms with Crippen molar-refractivity contribution in [1.29, 1.82) is 0 Å². The summed E-state index contributed by atoms with van der Waals surface area (Å²) >= 11 is 0. The third kappa shape index (κ3) is 5.91. The molecular formula is C25H30FN3O7. The summed E-state index contributed by atoms with van der Waals surface area (Å²) in [6.07, 6.45) is 5.77. The van der Waals surface area contributed by atoms with Gasteiger partial charge < -0.3 is 29.4 Å². The van der Waals surface area contributed by atoms with Crippen LogP contribution in [0.4, 0.5) is 10.3 Å². The molecule has 0 radical (unpaired) electrons. The first-order valence-corrected chi connectivity index (χ1v) is 11.4. The number of aromatic nitrogens is 2. The number of ether oxygens (including phenoxy) is 3. The molecule has 2 aromatic rings. The molecule has 0 saturated carbocycles. The van der Waals surface area contributed by atoms with E-state index in [0.29, 0.717) is 36.3 Å². The highest BCUT2D eigenvalue weighted by Gasteiger charge is 2.34.